The smallest absolute Gasteiger partial charge is 0.121 e. The summed E-state index contributed by atoms with van der Waals surface area (Å²) in [5.74, 6) is 0.755. The highest BCUT2D eigenvalue weighted by Gasteiger charge is 2.03. The topological polar surface area (TPSA) is 35.2 Å². The Kier molecular flexibility index (Phi) is 3.35. The van der Waals surface area contributed by atoms with E-state index in [0.29, 0.717) is 5.69 Å². The van der Waals surface area contributed by atoms with Crippen LogP contribution in [0.4, 0.5) is 5.69 Å². The van der Waals surface area contributed by atoms with Gasteiger partial charge in [0, 0.05) is 17.3 Å². The Balaban J connectivity index is 3.34. The van der Waals surface area contributed by atoms with Crippen molar-refractivity contribution >= 4 is 17.8 Å². The zero-order valence-electron chi connectivity index (χ0n) is 8.58. The molecule has 0 bridgehead atoms. The molecule has 2 N–H and O–H groups in total. The second kappa shape index (κ2) is 4.51. The van der Waals surface area contributed by atoms with Crippen LogP contribution < -0.4 is 10.5 Å². The maximum atomic E-state index is 5.88. The van der Waals surface area contributed by atoms with Crippen molar-refractivity contribution in [2.75, 3.05) is 12.8 Å². The Labute approximate surface area is 84.7 Å². The van der Waals surface area contributed by atoms with Crippen LogP contribution >= 0.6 is 0 Å². The van der Waals surface area contributed by atoms with Crippen LogP contribution in [0, 0.1) is 0 Å². The molecular formula is C12H15NO. The second-order valence-corrected chi connectivity index (χ2v) is 2.92. The van der Waals surface area contributed by atoms with E-state index >= 15 is 0 Å². The molecule has 2 heteroatoms. The van der Waals surface area contributed by atoms with E-state index in [0.717, 1.165) is 16.9 Å². The summed E-state index contributed by atoms with van der Waals surface area (Å²) in [6.07, 6.45) is 5.69. The Hall–Kier alpha value is -1.70. The van der Waals surface area contributed by atoms with E-state index in [1.54, 1.807) is 13.2 Å². The van der Waals surface area contributed by atoms with Crippen molar-refractivity contribution in [1.82, 2.24) is 0 Å². The van der Waals surface area contributed by atoms with Gasteiger partial charge < -0.3 is 10.5 Å². The predicted molar refractivity (Wildman–Crippen MR) is 62.2 cm³/mol. The van der Waals surface area contributed by atoms with Gasteiger partial charge in [-0.25, -0.2) is 0 Å². The molecule has 1 aromatic rings. The number of allylic oxidation sites excluding steroid dienone is 1. The third kappa shape index (κ3) is 1.96. The third-order valence-corrected chi connectivity index (χ3v) is 2.01. The molecule has 0 spiro atoms. The number of rotatable bonds is 3. The van der Waals surface area contributed by atoms with Crippen molar-refractivity contribution in [2.24, 2.45) is 0 Å². The molecule has 74 valence electrons. The standard InChI is InChI=1S/C12H15NO/c1-4-6-11-9(5-2)7-10(14-3)8-12(11)13/h4-8H,2,13H2,1,3H3/b6-4-. The Morgan fingerprint density at radius 3 is 2.64 bits per heavy atom. The molecule has 0 fully saturated rings. The minimum Gasteiger partial charge on any atom is -0.497 e. The van der Waals surface area contributed by atoms with E-state index < -0.39 is 0 Å². The van der Waals surface area contributed by atoms with Gasteiger partial charge in [-0.2, -0.15) is 0 Å². The van der Waals surface area contributed by atoms with Crippen LogP contribution in [-0.4, -0.2) is 7.11 Å². The minimum absolute atomic E-state index is 0.706. The predicted octanol–water partition coefficient (Wildman–Crippen LogP) is 2.95. The number of hydrogen-bond donors (Lipinski definition) is 1. The Bertz CT molecular complexity index is 367. The van der Waals surface area contributed by atoms with Crippen molar-refractivity contribution < 1.29 is 4.74 Å². The van der Waals surface area contributed by atoms with Gasteiger partial charge in [-0.3, -0.25) is 0 Å². The maximum Gasteiger partial charge on any atom is 0.121 e. The van der Waals surface area contributed by atoms with E-state index in [-0.39, 0.29) is 0 Å². The molecule has 14 heavy (non-hydrogen) atoms. The molecule has 0 aliphatic carbocycles. The summed E-state index contributed by atoms with van der Waals surface area (Å²) in [6.45, 7) is 5.70. The van der Waals surface area contributed by atoms with E-state index in [9.17, 15) is 0 Å². The van der Waals surface area contributed by atoms with Gasteiger partial charge in [0.2, 0.25) is 0 Å². The minimum atomic E-state index is 0.706. The van der Waals surface area contributed by atoms with Crippen LogP contribution in [-0.2, 0) is 0 Å². The number of benzene rings is 1. The zero-order valence-corrected chi connectivity index (χ0v) is 8.58. The molecule has 0 radical (unpaired) electrons. The highest BCUT2D eigenvalue weighted by Crippen LogP contribution is 2.26. The lowest BCUT2D eigenvalue weighted by atomic mass is 10.0. The lowest BCUT2D eigenvalue weighted by molar-refractivity contribution is 0.415. The SMILES string of the molecule is C=Cc1cc(OC)cc(N)c1/C=C\C. The van der Waals surface area contributed by atoms with Crippen LogP contribution in [0.5, 0.6) is 5.75 Å². The van der Waals surface area contributed by atoms with E-state index in [1.165, 1.54) is 0 Å². The number of nitrogen functional groups attached to an aromatic ring is 1. The van der Waals surface area contributed by atoms with E-state index in [2.05, 4.69) is 6.58 Å². The van der Waals surface area contributed by atoms with Crippen LogP contribution in [0.25, 0.3) is 12.2 Å². The average Bonchev–Trinajstić information content (AvgIpc) is 2.20. The highest BCUT2D eigenvalue weighted by atomic mass is 16.5. The number of hydrogen-bond acceptors (Lipinski definition) is 2. The molecule has 0 amide bonds. The molecular weight excluding hydrogens is 174 g/mol. The van der Waals surface area contributed by atoms with Crippen LogP contribution in [0.1, 0.15) is 18.1 Å². The van der Waals surface area contributed by atoms with Crippen molar-refractivity contribution in [2.45, 2.75) is 6.92 Å². The van der Waals surface area contributed by atoms with Crippen LogP contribution in [0.3, 0.4) is 0 Å². The fourth-order valence-electron chi connectivity index (χ4n) is 1.32. The molecule has 2 nitrogen and oxygen atoms in total. The molecule has 0 saturated carbocycles. The largest absolute Gasteiger partial charge is 0.497 e. The molecule has 0 aromatic heterocycles. The molecule has 1 rings (SSSR count). The van der Waals surface area contributed by atoms with Gasteiger partial charge in [0.15, 0.2) is 0 Å². The van der Waals surface area contributed by atoms with Crippen molar-refractivity contribution in [3.05, 3.63) is 35.9 Å². The van der Waals surface area contributed by atoms with Gasteiger partial charge in [-0.1, -0.05) is 24.8 Å². The average molecular weight is 189 g/mol. The molecule has 0 aliphatic heterocycles. The zero-order chi connectivity index (χ0) is 10.6. The first-order valence-corrected chi connectivity index (χ1v) is 4.45. The van der Waals surface area contributed by atoms with Gasteiger partial charge in [-0.05, 0) is 18.6 Å². The van der Waals surface area contributed by atoms with E-state index in [4.69, 9.17) is 10.5 Å². The van der Waals surface area contributed by atoms with Gasteiger partial charge in [-0.15, -0.1) is 0 Å². The Morgan fingerprint density at radius 1 is 1.43 bits per heavy atom. The van der Waals surface area contributed by atoms with Crippen molar-refractivity contribution in [3.8, 4) is 5.75 Å². The summed E-state index contributed by atoms with van der Waals surface area (Å²) in [4.78, 5) is 0. The molecule has 1 aromatic carbocycles. The quantitative estimate of drug-likeness (QED) is 0.742. The first kappa shape index (κ1) is 10.4. The molecule has 0 atom stereocenters. The van der Waals surface area contributed by atoms with Crippen molar-refractivity contribution in [3.63, 3.8) is 0 Å². The second-order valence-electron chi connectivity index (χ2n) is 2.92. The number of nitrogens with two attached hydrogens (primary N) is 1. The lowest BCUT2D eigenvalue weighted by Crippen LogP contribution is -1.94. The van der Waals surface area contributed by atoms with Gasteiger partial charge in [0.1, 0.15) is 5.75 Å². The molecule has 0 aliphatic rings. The maximum absolute atomic E-state index is 5.88. The third-order valence-electron chi connectivity index (χ3n) is 2.01. The summed E-state index contributed by atoms with van der Waals surface area (Å²) >= 11 is 0. The number of ether oxygens (including phenoxy) is 1. The lowest BCUT2D eigenvalue weighted by Gasteiger charge is -2.08. The first-order valence-electron chi connectivity index (χ1n) is 4.45. The molecule has 0 unspecified atom stereocenters. The van der Waals surface area contributed by atoms with Gasteiger partial charge in [0.05, 0.1) is 7.11 Å². The number of anilines is 1. The highest BCUT2D eigenvalue weighted by molar-refractivity contribution is 5.75. The summed E-state index contributed by atoms with van der Waals surface area (Å²) < 4.78 is 5.12. The fourth-order valence-corrected chi connectivity index (χ4v) is 1.32. The van der Waals surface area contributed by atoms with E-state index in [1.807, 2.05) is 31.2 Å². The van der Waals surface area contributed by atoms with Crippen molar-refractivity contribution in [1.29, 1.82) is 0 Å². The molecule has 0 heterocycles. The van der Waals surface area contributed by atoms with Gasteiger partial charge in [0.25, 0.3) is 0 Å². The summed E-state index contributed by atoms with van der Waals surface area (Å²) in [5, 5.41) is 0. The van der Waals surface area contributed by atoms with Gasteiger partial charge >= 0.3 is 0 Å². The molecule has 0 saturated heterocycles. The summed E-state index contributed by atoms with van der Waals surface area (Å²) in [7, 11) is 1.62. The van der Waals surface area contributed by atoms with Crippen LogP contribution in [0.2, 0.25) is 0 Å². The monoisotopic (exact) mass is 189 g/mol. The fraction of sp³-hybridized carbons (Fsp3) is 0.167. The van der Waals surface area contributed by atoms with Crippen LogP contribution in [0.15, 0.2) is 24.8 Å². The summed E-state index contributed by atoms with van der Waals surface area (Å²) in [5.41, 5.74) is 8.56. The summed E-state index contributed by atoms with van der Waals surface area (Å²) in [6, 6.07) is 3.72. The Morgan fingerprint density at radius 2 is 2.14 bits per heavy atom. The normalized spacial score (nSPS) is 10.4. The number of methoxy groups -OCH3 is 1. The first-order chi connectivity index (χ1) is 6.72.